The SMILES string of the molecule is CC=CCCCCC(CC)C(C)CS. The highest BCUT2D eigenvalue weighted by Gasteiger charge is 2.12. The molecule has 0 bridgehead atoms. The summed E-state index contributed by atoms with van der Waals surface area (Å²) in [7, 11) is 0. The molecule has 0 heterocycles. The van der Waals surface area contributed by atoms with Gasteiger partial charge in [0.25, 0.3) is 0 Å². The molecule has 0 saturated heterocycles. The summed E-state index contributed by atoms with van der Waals surface area (Å²) in [6.45, 7) is 6.72. The zero-order valence-corrected chi connectivity index (χ0v) is 10.9. The van der Waals surface area contributed by atoms with E-state index in [4.69, 9.17) is 0 Å². The molecule has 2 unspecified atom stereocenters. The molecule has 0 aliphatic carbocycles. The van der Waals surface area contributed by atoms with E-state index < -0.39 is 0 Å². The molecule has 0 N–H and O–H groups in total. The third-order valence-electron chi connectivity index (χ3n) is 3.05. The van der Waals surface area contributed by atoms with Gasteiger partial charge in [-0.1, -0.05) is 45.3 Å². The van der Waals surface area contributed by atoms with Crippen molar-refractivity contribution in [2.75, 3.05) is 5.75 Å². The molecule has 1 heteroatoms. The largest absolute Gasteiger partial charge is 0.179 e. The zero-order chi connectivity index (χ0) is 10.8. The lowest BCUT2D eigenvalue weighted by molar-refractivity contribution is 0.343. The van der Waals surface area contributed by atoms with E-state index in [1.807, 2.05) is 0 Å². The van der Waals surface area contributed by atoms with E-state index >= 15 is 0 Å². The van der Waals surface area contributed by atoms with Crippen LogP contribution in [0.4, 0.5) is 0 Å². The van der Waals surface area contributed by atoms with E-state index in [-0.39, 0.29) is 0 Å². The van der Waals surface area contributed by atoms with Gasteiger partial charge in [0.05, 0.1) is 0 Å². The molecule has 0 radical (unpaired) electrons. The molecule has 0 aliphatic heterocycles. The fourth-order valence-electron chi connectivity index (χ4n) is 1.88. The molecular weight excluding hydrogens is 188 g/mol. The second-order valence-electron chi connectivity index (χ2n) is 4.18. The molecule has 0 fully saturated rings. The highest BCUT2D eigenvalue weighted by atomic mass is 32.1. The van der Waals surface area contributed by atoms with Crippen molar-refractivity contribution in [3.8, 4) is 0 Å². The lowest BCUT2D eigenvalue weighted by atomic mass is 9.88. The molecule has 0 aromatic heterocycles. The van der Waals surface area contributed by atoms with Crippen LogP contribution < -0.4 is 0 Å². The number of unbranched alkanes of at least 4 members (excludes halogenated alkanes) is 2. The highest BCUT2D eigenvalue weighted by molar-refractivity contribution is 7.80. The van der Waals surface area contributed by atoms with Gasteiger partial charge in [-0.05, 0) is 37.4 Å². The van der Waals surface area contributed by atoms with E-state index in [1.54, 1.807) is 0 Å². The Morgan fingerprint density at radius 2 is 2.00 bits per heavy atom. The van der Waals surface area contributed by atoms with Crippen LogP contribution in [0.2, 0.25) is 0 Å². The molecule has 0 spiro atoms. The summed E-state index contributed by atoms with van der Waals surface area (Å²) < 4.78 is 0. The van der Waals surface area contributed by atoms with Gasteiger partial charge in [-0.25, -0.2) is 0 Å². The maximum atomic E-state index is 4.38. The topological polar surface area (TPSA) is 0 Å². The molecule has 84 valence electrons. The van der Waals surface area contributed by atoms with Crippen LogP contribution in [0.25, 0.3) is 0 Å². The van der Waals surface area contributed by atoms with E-state index in [0.717, 1.165) is 17.6 Å². The van der Waals surface area contributed by atoms with Crippen LogP contribution >= 0.6 is 12.6 Å². The summed E-state index contributed by atoms with van der Waals surface area (Å²) in [5, 5.41) is 0. The van der Waals surface area contributed by atoms with Crippen molar-refractivity contribution < 1.29 is 0 Å². The lowest BCUT2D eigenvalue weighted by Crippen LogP contribution is -2.12. The van der Waals surface area contributed by atoms with Gasteiger partial charge in [0.2, 0.25) is 0 Å². The van der Waals surface area contributed by atoms with E-state index in [2.05, 4.69) is 45.6 Å². The molecule has 0 nitrogen and oxygen atoms in total. The van der Waals surface area contributed by atoms with Crippen molar-refractivity contribution in [2.24, 2.45) is 11.8 Å². The molecule has 0 aromatic carbocycles. The van der Waals surface area contributed by atoms with Crippen LogP contribution in [0.5, 0.6) is 0 Å². The van der Waals surface area contributed by atoms with Crippen LogP contribution in [0.15, 0.2) is 12.2 Å². The quantitative estimate of drug-likeness (QED) is 0.337. The predicted molar refractivity (Wildman–Crippen MR) is 70.1 cm³/mol. The number of rotatable bonds is 8. The molecule has 0 amide bonds. The molecule has 14 heavy (non-hydrogen) atoms. The number of allylic oxidation sites excluding steroid dienone is 2. The van der Waals surface area contributed by atoms with Crippen LogP contribution in [-0.2, 0) is 0 Å². The summed E-state index contributed by atoms with van der Waals surface area (Å²) in [6, 6.07) is 0. The zero-order valence-electron chi connectivity index (χ0n) is 10.00. The van der Waals surface area contributed by atoms with Crippen molar-refractivity contribution in [3.63, 3.8) is 0 Å². The minimum Gasteiger partial charge on any atom is -0.179 e. The third kappa shape index (κ3) is 6.53. The molecule has 0 rings (SSSR count). The molecule has 0 saturated carbocycles. The normalized spacial score (nSPS) is 16.0. The smallest absolute Gasteiger partial charge is 0.00695 e. The Kier molecular flexibility index (Phi) is 9.70. The molecule has 0 aliphatic rings. The van der Waals surface area contributed by atoms with Gasteiger partial charge in [-0.15, -0.1) is 0 Å². The van der Waals surface area contributed by atoms with E-state index in [0.29, 0.717) is 0 Å². The summed E-state index contributed by atoms with van der Waals surface area (Å²) in [6.07, 6.45) is 11.1. The second-order valence-corrected chi connectivity index (χ2v) is 4.55. The van der Waals surface area contributed by atoms with Gasteiger partial charge in [0.1, 0.15) is 0 Å². The first-order valence-corrected chi connectivity index (χ1v) is 6.61. The Morgan fingerprint density at radius 3 is 2.50 bits per heavy atom. The Morgan fingerprint density at radius 1 is 1.29 bits per heavy atom. The first kappa shape index (κ1) is 14.1. The Hall–Kier alpha value is 0.0900. The summed E-state index contributed by atoms with van der Waals surface area (Å²) in [5.74, 6) is 2.70. The summed E-state index contributed by atoms with van der Waals surface area (Å²) in [4.78, 5) is 0. The van der Waals surface area contributed by atoms with Crippen molar-refractivity contribution in [1.82, 2.24) is 0 Å². The minimum atomic E-state index is 0.782. The molecule has 2 atom stereocenters. The van der Waals surface area contributed by atoms with Crippen molar-refractivity contribution in [1.29, 1.82) is 0 Å². The van der Waals surface area contributed by atoms with Gasteiger partial charge in [-0.3, -0.25) is 0 Å². The van der Waals surface area contributed by atoms with E-state index in [9.17, 15) is 0 Å². The standard InChI is InChI=1S/C13H26S/c1-4-6-7-8-9-10-13(5-2)12(3)11-14/h4,6,12-14H,5,7-11H2,1-3H3. The second kappa shape index (κ2) is 9.64. The highest BCUT2D eigenvalue weighted by Crippen LogP contribution is 2.23. The van der Waals surface area contributed by atoms with Crippen LogP contribution in [0.3, 0.4) is 0 Å². The first-order valence-electron chi connectivity index (χ1n) is 5.98. The Bertz CT molecular complexity index is 140. The number of thiol groups is 1. The van der Waals surface area contributed by atoms with Crippen molar-refractivity contribution >= 4 is 12.6 Å². The maximum Gasteiger partial charge on any atom is -0.00695 e. The van der Waals surface area contributed by atoms with Crippen molar-refractivity contribution in [2.45, 2.75) is 52.9 Å². The predicted octanol–water partition coefficient (Wildman–Crippen LogP) is 4.72. The number of hydrogen-bond donors (Lipinski definition) is 1. The van der Waals surface area contributed by atoms with Crippen LogP contribution in [0, 0.1) is 11.8 Å². The fourth-order valence-corrected chi connectivity index (χ4v) is 2.17. The van der Waals surface area contributed by atoms with Gasteiger partial charge in [0.15, 0.2) is 0 Å². The van der Waals surface area contributed by atoms with Gasteiger partial charge >= 0.3 is 0 Å². The Labute approximate surface area is 95.6 Å². The fraction of sp³-hybridized carbons (Fsp3) is 0.846. The summed E-state index contributed by atoms with van der Waals surface area (Å²) >= 11 is 4.38. The average Bonchev–Trinajstić information content (AvgIpc) is 2.22. The monoisotopic (exact) mass is 214 g/mol. The molecule has 0 aromatic rings. The summed E-state index contributed by atoms with van der Waals surface area (Å²) in [5.41, 5.74) is 0. The van der Waals surface area contributed by atoms with Gasteiger partial charge in [0, 0.05) is 0 Å². The Balaban J connectivity index is 3.52. The number of hydrogen-bond acceptors (Lipinski definition) is 1. The van der Waals surface area contributed by atoms with E-state index in [1.165, 1.54) is 32.1 Å². The average molecular weight is 214 g/mol. The lowest BCUT2D eigenvalue weighted by Gasteiger charge is -2.20. The van der Waals surface area contributed by atoms with Crippen molar-refractivity contribution in [3.05, 3.63) is 12.2 Å². The van der Waals surface area contributed by atoms with Gasteiger partial charge < -0.3 is 0 Å². The van der Waals surface area contributed by atoms with Crippen LogP contribution in [-0.4, -0.2) is 5.75 Å². The third-order valence-corrected chi connectivity index (χ3v) is 3.62. The van der Waals surface area contributed by atoms with Crippen LogP contribution in [0.1, 0.15) is 52.9 Å². The first-order chi connectivity index (χ1) is 6.76. The maximum absolute atomic E-state index is 4.38. The minimum absolute atomic E-state index is 0.782. The van der Waals surface area contributed by atoms with Gasteiger partial charge in [-0.2, -0.15) is 12.6 Å². The molecular formula is C13H26S.